The lowest BCUT2D eigenvalue weighted by Crippen LogP contribution is -2.30. The Labute approximate surface area is 212 Å². The molecule has 0 aliphatic rings. The van der Waals surface area contributed by atoms with Crippen LogP contribution in [0.5, 0.6) is 0 Å². The van der Waals surface area contributed by atoms with E-state index in [1.165, 1.54) is 0 Å². The summed E-state index contributed by atoms with van der Waals surface area (Å²) in [5.41, 5.74) is 3.20. The normalized spacial score (nSPS) is 10.7. The molecule has 176 valence electrons. The van der Waals surface area contributed by atoms with Gasteiger partial charge in [0.15, 0.2) is 0 Å². The summed E-state index contributed by atoms with van der Waals surface area (Å²) in [6.45, 7) is 6.67. The van der Waals surface area contributed by atoms with Gasteiger partial charge in [0.1, 0.15) is 11.1 Å². The Kier molecular flexibility index (Phi) is 7.15. The van der Waals surface area contributed by atoms with Crippen LogP contribution in [0.4, 0.5) is 5.00 Å². The number of nitrogens with one attached hydrogen (secondary N) is 1. The molecule has 0 aliphatic heterocycles. The summed E-state index contributed by atoms with van der Waals surface area (Å²) in [5, 5.41) is 14.2. The van der Waals surface area contributed by atoms with Crippen molar-refractivity contribution >= 4 is 50.7 Å². The van der Waals surface area contributed by atoms with Crippen LogP contribution in [0.25, 0.3) is 22.2 Å². The van der Waals surface area contributed by atoms with E-state index in [0.717, 1.165) is 11.3 Å². The van der Waals surface area contributed by atoms with Crippen LogP contribution in [0.3, 0.4) is 0 Å². The first-order chi connectivity index (χ1) is 16.9. The zero-order valence-corrected chi connectivity index (χ0v) is 21.1. The molecule has 35 heavy (non-hydrogen) atoms. The second-order valence-corrected chi connectivity index (χ2v) is 9.28. The molecule has 4 aromatic rings. The van der Waals surface area contributed by atoms with E-state index in [1.54, 1.807) is 24.0 Å². The zero-order valence-electron chi connectivity index (χ0n) is 19.6. The van der Waals surface area contributed by atoms with Crippen LogP contribution in [0.15, 0.2) is 54.6 Å². The Balaban J connectivity index is 1.78. The lowest BCUT2D eigenvalue weighted by Gasteiger charge is -2.17. The van der Waals surface area contributed by atoms with E-state index < -0.39 is 5.91 Å². The van der Waals surface area contributed by atoms with E-state index in [-0.39, 0.29) is 5.91 Å². The van der Waals surface area contributed by atoms with Crippen LogP contribution in [-0.4, -0.2) is 34.8 Å². The molecule has 0 bridgehead atoms. The Morgan fingerprint density at radius 3 is 2.49 bits per heavy atom. The third-order valence-corrected chi connectivity index (χ3v) is 7.37. The molecule has 0 saturated heterocycles. The molecule has 2 heterocycles. The van der Waals surface area contributed by atoms with Gasteiger partial charge >= 0.3 is 0 Å². The molecular formula is C27H23ClN4O2S. The van der Waals surface area contributed by atoms with Crippen molar-refractivity contribution in [2.24, 2.45) is 0 Å². The van der Waals surface area contributed by atoms with Crippen molar-refractivity contribution in [3.05, 3.63) is 81.2 Å². The molecule has 4 rings (SSSR count). The van der Waals surface area contributed by atoms with Crippen LogP contribution in [-0.2, 0) is 0 Å². The standard InChI is InChI=1S/C27H23ClN4O2S/c1-4-32(5-2)27(34)24-16(3)20(15-29)26(35-24)31-25(33)19-14-23(18-11-6-8-12-21(18)28)30-22-13-9-7-10-17(19)22/h6-14H,4-5H2,1-3H3,(H,31,33). The monoisotopic (exact) mass is 502 g/mol. The third-order valence-electron chi connectivity index (χ3n) is 5.84. The summed E-state index contributed by atoms with van der Waals surface area (Å²) >= 11 is 7.53. The van der Waals surface area contributed by atoms with Crippen molar-refractivity contribution in [2.75, 3.05) is 18.4 Å². The van der Waals surface area contributed by atoms with Crippen molar-refractivity contribution < 1.29 is 9.59 Å². The van der Waals surface area contributed by atoms with Gasteiger partial charge in [0.25, 0.3) is 11.8 Å². The van der Waals surface area contributed by atoms with Gasteiger partial charge in [-0.15, -0.1) is 11.3 Å². The van der Waals surface area contributed by atoms with Crippen molar-refractivity contribution in [3.8, 4) is 17.3 Å². The van der Waals surface area contributed by atoms with E-state index in [9.17, 15) is 14.9 Å². The fourth-order valence-electron chi connectivity index (χ4n) is 3.94. The fourth-order valence-corrected chi connectivity index (χ4v) is 5.29. The first-order valence-electron chi connectivity index (χ1n) is 11.2. The molecule has 0 aliphatic carbocycles. The van der Waals surface area contributed by atoms with Crippen molar-refractivity contribution in [1.29, 1.82) is 5.26 Å². The molecule has 0 atom stereocenters. The Morgan fingerprint density at radius 2 is 1.80 bits per heavy atom. The van der Waals surface area contributed by atoms with Gasteiger partial charge < -0.3 is 10.2 Å². The number of nitriles is 1. The van der Waals surface area contributed by atoms with E-state index in [0.29, 0.717) is 66.8 Å². The number of fused-ring (bicyclic) bond motifs is 1. The number of carbonyl (C=O) groups excluding carboxylic acids is 2. The van der Waals surface area contributed by atoms with Gasteiger partial charge in [0.05, 0.1) is 27.2 Å². The summed E-state index contributed by atoms with van der Waals surface area (Å²) in [6.07, 6.45) is 0. The van der Waals surface area contributed by atoms with Crippen LogP contribution in [0.2, 0.25) is 5.02 Å². The molecule has 6 nitrogen and oxygen atoms in total. The van der Waals surface area contributed by atoms with Gasteiger partial charge in [-0.1, -0.05) is 48.0 Å². The number of rotatable bonds is 6. The minimum Gasteiger partial charge on any atom is -0.338 e. The third kappa shape index (κ3) is 4.63. The van der Waals surface area contributed by atoms with Crippen LogP contribution < -0.4 is 5.32 Å². The molecule has 0 fully saturated rings. The average Bonchev–Trinajstić information content (AvgIpc) is 3.18. The van der Waals surface area contributed by atoms with E-state index in [1.807, 2.05) is 56.3 Å². The SMILES string of the molecule is CCN(CC)C(=O)c1sc(NC(=O)c2cc(-c3ccccc3Cl)nc3ccccc23)c(C#N)c1C. The van der Waals surface area contributed by atoms with Gasteiger partial charge in [-0.3, -0.25) is 9.59 Å². The molecule has 2 amide bonds. The number of aromatic nitrogens is 1. The van der Waals surface area contributed by atoms with Gasteiger partial charge in [0, 0.05) is 29.1 Å². The number of nitrogens with zero attached hydrogens (tertiary/aromatic N) is 3. The molecular weight excluding hydrogens is 480 g/mol. The molecule has 2 aromatic heterocycles. The summed E-state index contributed by atoms with van der Waals surface area (Å²) in [6, 6.07) is 18.5. The topological polar surface area (TPSA) is 86.1 Å². The Hall–Kier alpha value is -3.73. The number of carbonyl (C=O) groups is 2. The van der Waals surface area contributed by atoms with Gasteiger partial charge in [-0.05, 0) is 44.5 Å². The second kappa shape index (κ2) is 10.3. The maximum absolute atomic E-state index is 13.5. The predicted molar refractivity (Wildman–Crippen MR) is 141 cm³/mol. The van der Waals surface area contributed by atoms with E-state index in [2.05, 4.69) is 11.4 Å². The minimum atomic E-state index is -0.392. The number of anilines is 1. The predicted octanol–water partition coefficient (Wildman–Crippen LogP) is 6.53. The number of amides is 2. The highest BCUT2D eigenvalue weighted by Crippen LogP contribution is 2.35. The number of hydrogen-bond acceptors (Lipinski definition) is 5. The molecule has 0 unspecified atom stereocenters. The molecule has 2 aromatic carbocycles. The van der Waals surface area contributed by atoms with Crippen LogP contribution in [0, 0.1) is 18.3 Å². The maximum atomic E-state index is 13.5. The summed E-state index contributed by atoms with van der Waals surface area (Å²) in [7, 11) is 0. The number of thiophene rings is 1. The number of para-hydroxylation sites is 1. The molecule has 0 saturated carbocycles. The quantitative estimate of drug-likeness (QED) is 0.324. The van der Waals surface area contributed by atoms with Gasteiger partial charge in [-0.2, -0.15) is 5.26 Å². The maximum Gasteiger partial charge on any atom is 0.264 e. The van der Waals surface area contributed by atoms with E-state index >= 15 is 0 Å². The summed E-state index contributed by atoms with van der Waals surface area (Å²) in [4.78, 5) is 33.4. The minimum absolute atomic E-state index is 0.148. The first kappa shape index (κ1) is 24.4. The molecule has 8 heteroatoms. The van der Waals surface area contributed by atoms with Crippen molar-refractivity contribution in [2.45, 2.75) is 20.8 Å². The smallest absolute Gasteiger partial charge is 0.264 e. The van der Waals surface area contributed by atoms with Crippen LogP contribution in [0.1, 0.15) is 45.0 Å². The van der Waals surface area contributed by atoms with Crippen molar-refractivity contribution in [3.63, 3.8) is 0 Å². The average molecular weight is 503 g/mol. The zero-order chi connectivity index (χ0) is 25.1. The molecule has 0 radical (unpaired) electrons. The summed E-state index contributed by atoms with van der Waals surface area (Å²) < 4.78 is 0. The molecule has 1 N–H and O–H groups in total. The fraction of sp³-hybridized carbons (Fsp3) is 0.185. The van der Waals surface area contributed by atoms with Gasteiger partial charge in [0.2, 0.25) is 0 Å². The highest BCUT2D eigenvalue weighted by Gasteiger charge is 2.25. The number of pyridine rings is 1. The number of hydrogen-bond donors (Lipinski definition) is 1. The van der Waals surface area contributed by atoms with Crippen LogP contribution >= 0.6 is 22.9 Å². The molecule has 0 spiro atoms. The number of benzene rings is 2. The second-order valence-electron chi connectivity index (χ2n) is 7.86. The number of halogens is 1. The van der Waals surface area contributed by atoms with Crippen molar-refractivity contribution in [1.82, 2.24) is 9.88 Å². The highest BCUT2D eigenvalue weighted by molar-refractivity contribution is 7.18. The summed E-state index contributed by atoms with van der Waals surface area (Å²) in [5.74, 6) is -0.540. The Morgan fingerprint density at radius 1 is 1.11 bits per heavy atom. The first-order valence-corrected chi connectivity index (χ1v) is 12.4. The largest absolute Gasteiger partial charge is 0.338 e. The van der Waals surface area contributed by atoms with Gasteiger partial charge in [-0.25, -0.2) is 4.98 Å². The Bertz CT molecular complexity index is 1480. The lowest BCUT2D eigenvalue weighted by atomic mass is 10.0. The lowest BCUT2D eigenvalue weighted by molar-refractivity contribution is 0.0777. The highest BCUT2D eigenvalue weighted by atomic mass is 35.5. The van der Waals surface area contributed by atoms with E-state index in [4.69, 9.17) is 16.6 Å².